The van der Waals surface area contributed by atoms with Crippen LogP contribution in [0.1, 0.15) is 17.4 Å². The molecule has 4 nitrogen and oxygen atoms in total. The molecule has 1 heterocycles. The predicted molar refractivity (Wildman–Crippen MR) is 74.8 cm³/mol. The summed E-state index contributed by atoms with van der Waals surface area (Å²) in [6.45, 7) is 0. The summed E-state index contributed by atoms with van der Waals surface area (Å²) in [6.07, 6.45) is 0.681. The van der Waals surface area contributed by atoms with Gasteiger partial charge in [-0.1, -0.05) is 24.3 Å². The Labute approximate surface area is 110 Å². The van der Waals surface area contributed by atoms with Gasteiger partial charge in [0.15, 0.2) is 0 Å². The highest BCUT2D eigenvalue weighted by atomic mass is 16.3. The molecule has 0 aliphatic heterocycles. The van der Waals surface area contributed by atoms with Crippen LogP contribution in [0.3, 0.4) is 0 Å². The van der Waals surface area contributed by atoms with Gasteiger partial charge >= 0.3 is 0 Å². The Balaban J connectivity index is 1.83. The molecule has 0 spiro atoms. The van der Waals surface area contributed by atoms with E-state index in [-0.39, 0.29) is 11.8 Å². The lowest BCUT2D eigenvalue weighted by molar-refractivity contribution is 0.475. The monoisotopic (exact) mass is 253 g/mol. The van der Waals surface area contributed by atoms with Crippen molar-refractivity contribution in [2.24, 2.45) is 5.73 Å². The average molecular weight is 253 g/mol. The van der Waals surface area contributed by atoms with Crippen molar-refractivity contribution in [2.75, 3.05) is 0 Å². The second-order valence-corrected chi connectivity index (χ2v) is 4.62. The molecule has 19 heavy (non-hydrogen) atoms. The molecular formula is C15H15N3O. The summed E-state index contributed by atoms with van der Waals surface area (Å²) < 4.78 is 0. The summed E-state index contributed by atoms with van der Waals surface area (Å²) in [4.78, 5) is 7.74. The molecule has 3 aromatic rings. The number of H-pyrrole nitrogens is 1. The van der Waals surface area contributed by atoms with Crippen LogP contribution in [-0.4, -0.2) is 15.1 Å². The van der Waals surface area contributed by atoms with Crippen LogP contribution in [0.4, 0.5) is 0 Å². The summed E-state index contributed by atoms with van der Waals surface area (Å²) >= 11 is 0. The molecule has 0 radical (unpaired) electrons. The van der Waals surface area contributed by atoms with Crippen molar-refractivity contribution in [3.63, 3.8) is 0 Å². The second kappa shape index (κ2) is 4.74. The smallest absolute Gasteiger partial charge is 0.124 e. The van der Waals surface area contributed by atoms with Crippen LogP contribution < -0.4 is 5.73 Å². The highest BCUT2D eigenvalue weighted by molar-refractivity contribution is 5.74. The molecule has 0 aliphatic rings. The third kappa shape index (κ3) is 2.44. The molecule has 0 saturated heterocycles. The number of fused-ring (bicyclic) bond motifs is 1. The molecule has 0 aliphatic carbocycles. The topological polar surface area (TPSA) is 74.9 Å². The van der Waals surface area contributed by atoms with Gasteiger partial charge in [0, 0.05) is 0 Å². The van der Waals surface area contributed by atoms with E-state index in [1.807, 2.05) is 36.4 Å². The minimum Gasteiger partial charge on any atom is -0.508 e. The van der Waals surface area contributed by atoms with Crippen LogP contribution in [0.25, 0.3) is 11.0 Å². The average Bonchev–Trinajstić information content (AvgIpc) is 2.85. The van der Waals surface area contributed by atoms with Gasteiger partial charge in [-0.3, -0.25) is 0 Å². The lowest BCUT2D eigenvalue weighted by Gasteiger charge is -2.08. The first-order chi connectivity index (χ1) is 9.22. The van der Waals surface area contributed by atoms with Crippen molar-refractivity contribution < 1.29 is 5.11 Å². The van der Waals surface area contributed by atoms with Gasteiger partial charge in [0.2, 0.25) is 0 Å². The van der Waals surface area contributed by atoms with E-state index in [1.165, 1.54) is 0 Å². The normalized spacial score (nSPS) is 12.7. The van der Waals surface area contributed by atoms with E-state index < -0.39 is 0 Å². The summed E-state index contributed by atoms with van der Waals surface area (Å²) in [6, 6.07) is 14.8. The molecule has 2 aromatic carbocycles. The summed E-state index contributed by atoms with van der Waals surface area (Å²) in [5, 5.41) is 9.25. The summed E-state index contributed by atoms with van der Waals surface area (Å²) in [7, 11) is 0. The number of nitrogens with two attached hydrogens (primary N) is 1. The molecule has 0 fully saturated rings. The van der Waals surface area contributed by atoms with Crippen LogP contribution in [0.2, 0.25) is 0 Å². The molecule has 1 atom stereocenters. The first-order valence-corrected chi connectivity index (χ1v) is 6.20. The number of aromatic amines is 1. The Hall–Kier alpha value is -2.33. The Bertz CT molecular complexity index is 655. The fraction of sp³-hybridized carbons (Fsp3) is 0.133. The number of nitrogens with one attached hydrogen (secondary N) is 1. The van der Waals surface area contributed by atoms with Gasteiger partial charge < -0.3 is 15.8 Å². The number of rotatable bonds is 3. The first-order valence-electron chi connectivity index (χ1n) is 6.20. The van der Waals surface area contributed by atoms with Gasteiger partial charge in [0.1, 0.15) is 11.6 Å². The molecule has 3 rings (SSSR count). The van der Waals surface area contributed by atoms with Gasteiger partial charge in [-0.2, -0.15) is 0 Å². The Morgan fingerprint density at radius 1 is 1.11 bits per heavy atom. The fourth-order valence-electron chi connectivity index (χ4n) is 2.13. The van der Waals surface area contributed by atoms with Crippen molar-refractivity contribution in [3.8, 4) is 5.75 Å². The molecule has 0 unspecified atom stereocenters. The first kappa shape index (κ1) is 11.7. The highest BCUT2D eigenvalue weighted by Gasteiger charge is 2.11. The number of aromatic hydroxyl groups is 1. The third-order valence-corrected chi connectivity index (χ3v) is 3.15. The summed E-state index contributed by atoms with van der Waals surface area (Å²) in [5.41, 5.74) is 9.18. The number of nitrogens with zero attached hydrogens (tertiary/aromatic N) is 1. The van der Waals surface area contributed by atoms with Crippen molar-refractivity contribution in [1.82, 2.24) is 9.97 Å². The maximum absolute atomic E-state index is 9.25. The van der Waals surface area contributed by atoms with Gasteiger partial charge in [-0.15, -0.1) is 0 Å². The van der Waals surface area contributed by atoms with Crippen molar-refractivity contribution >= 4 is 11.0 Å². The third-order valence-electron chi connectivity index (χ3n) is 3.15. The molecule has 4 heteroatoms. The number of phenolic OH excluding ortho intramolecular Hbond substituents is 1. The maximum atomic E-state index is 9.25. The van der Waals surface area contributed by atoms with Crippen molar-refractivity contribution in [1.29, 1.82) is 0 Å². The van der Waals surface area contributed by atoms with E-state index in [1.54, 1.807) is 12.1 Å². The Morgan fingerprint density at radius 3 is 2.58 bits per heavy atom. The van der Waals surface area contributed by atoms with Gasteiger partial charge in [0.25, 0.3) is 0 Å². The SMILES string of the molecule is N[C@H](Cc1ccc(O)cc1)c1nc2ccccc2[nH]1. The van der Waals surface area contributed by atoms with Crippen LogP contribution in [0.5, 0.6) is 5.75 Å². The van der Waals surface area contributed by atoms with Crippen LogP contribution in [0, 0.1) is 0 Å². The van der Waals surface area contributed by atoms with Crippen LogP contribution >= 0.6 is 0 Å². The van der Waals surface area contributed by atoms with E-state index >= 15 is 0 Å². The standard InChI is InChI=1S/C15H15N3O/c16-12(9-10-5-7-11(19)8-6-10)15-17-13-3-1-2-4-14(13)18-15/h1-8,12,19H,9,16H2,(H,17,18)/t12-/m1/s1. The van der Waals surface area contributed by atoms with E-state index in [2.05, 4.69) is 9.97 Å². The number of benzene rings is 2. The molecule has 0 saturated carbocycles. The number of para-hydroxylation sites is 2. The van der Waals surface area contributed by atoms with Crippen molar-refractivity contribution in [3.05, 3.63) is 59.9 Å². The number of imidazole rings is 1. The molecule has 0 bridgehead atoms. The Morgan fingerprint density at radius 2 is 1.84 bits per heavy atom. The van der Waals surface area contributed by atoms with Crippen LogP contribution in [-0.2, 0) is 6.42 Å². The number of phenols is 1. The Kier molecular flexibility index (Phi) is 2.93. The summed E-state index contributed by atoms with van der Waals surface area (Å²) in [5.74, 6) is 1.05. The number of aromatic nitrogens is 2. The molecule has 96 valence electrons. The van der Waals surface area contributed by atoms with Gasteiger partial charge in [0.05, 0.1) is 17.1 Å². The van der Waals surface area contributed by atoms with Gasteiger partial charge in [-0.05, 0) is 36.2 Å². The van der Waals surface area contributed by atoms with Crippen LogP contribution in [0.15, 0.2) is 48.5 Å². The minimum absolute atomic E-state index is 0.183. The largest absolute Gasteiger partial charge is 0.508 e. The number of hydrogen-bond acceptors (Lipinski definition) is 3. The second-order valence-electron chi connectivity index (χ2n) is 4.62. The molecular weight excluding hydrogens is 238 g/mol. The molecule has 1 aromatic heterocycles. The van der Waals surface area contributed by atoms with E-state index in [9.17, 15) is 5.11 Å². The zero-order valence-corrected chi connectivity index (χ0v) is 10.4. The van der Waals surface area contributed by atoms with Gasteiger partial charge in [-0.25, -0.2) is 4.98 Å². The minimum atomic E-state index is -0.183. The molecule has 0 amide bonds. The number of hydrogen-bond donors (Lipinski definition) is 3. The van der Waals surface area contributed by atoms with E-state index in [4.69, 9.17) is 5.73 Å². The zero-order chi connectivity index (χ0) is 13.2. The molecule has 4 N–H and O–H groups in total. The van der Waals surface area contributed by atoms with E-state index in [0.29, 0.717) is 6.42 Å². The van der Waals surface area contributed by atoms with E-state index in [0.717, 1.165) is 22.4 Å². The predicted octanol–water partition coefficient (Wildman–Crippen LogP) is 2.51. The quantitative estimate of drug-likeness (QED) is 0.671. The maximum Gasteiger partial charge on any atom is 0.124 e. The van der Waals surface area contributed by atoms with Crippen molar-refractivity contribution in [2.45, 2.75) is 12.5 Å². The zero-order valence-electron chi connectivity index (χ0n) is 10.4. The lowest BCUT2D eigenvalue weighted by Crippen LogP contribution is -2.14. The lowest BCUT2D eigenvalue weighted by atomic mass is 10.1. The fourth-order valence-corrected chi connectivity index (χ4v) is 2.13. The highest BCUT2D eigenvalue weighted by Crippen LogP contribution is 2.19.